The number of amides is 1. The second-order valence-electron chi connectivity index (χ2n) is 3.89. The third-order valence-corrected chi connectivity index (χ3v) is 2.45. The Labute approximate surface area is 98.0 Å². The van der Waals surface area contributed by atoms with Gasteiger partial charge in [0.05, 0.1) is 11.0 Å². The molecule has 0 unspecified atom stereocenters. The maximum Gasteiger partial charge on any atom is 0.229 e. The molecule has 0 aliphatic rings. The highest BCUT2D eigenvalue weighted by atomic mass is 35.5. The zero-order chi connectivity index (χ0) is 11.7. The third-order valence-electron chi connectivity index (χ3n) is 2.21. The van der Waals surface area contributed by atoms with Crippen molar-refractivity contribution in [2.24, 2.45) is 5.92 Å². The van der Waals surface area contributed by atoms with E-state index in [9.17, 15) is 4.79 Å². The highest BCUT2D eigenvalue weighted by Crippen LogP contribution is 2.19. The van der Waals surface area contributed by atoms with Gasteiger partial charge in [0.2, 0.25) is 11.9 Å². The number of H-pyrrole nitrogens is 1. The Kier molecular flexibility index (Phi) is 2.83. The van der Waals surface area contributed by atoms with Gasteiger partial charge in [-0.1, -0.05) is 25.4 Å². The van der Waals surface area contributed by atoms with Gasteiger partial charge >= 0.3 is 0 Å². The van der Waals surface area contributed by atoms with Gasteiger partial charge in [0.25, 0.3) is 0 Å². The van der Waals surface area contributed by atoms with Crippen molar-refractivity contribution in [3.05, 3.63) is 23.2 Å². The molecule has 0 aliphatic carbocycles. The maximum atomic E-state index is 11.5. The van der Waals surface area contributed by atoms with Crippen molar-refractivity contribution in [2.45, 2.75) is 13.8 Å². The molecule has 0 atom stereocenters. The fourth-order valence-electron chi connectivity index (χ4n) is 1.30. The second kappa shape index (κ2) is 4.14. The van der Waals surface area contributed by atoms with Gasteiger partial charge in [0.15, 0.2) is 0 Å². The largest absolute Gasteiger partial charge is 0.324 e. The Hall–Kier alpha value is -1.55. The van der Waals surface area contributed by atoms with E-state index in [1.54, 1.807) is 18.2 Å². The Morgan fingerprint density at radius 2 is 2.25 bits per heavy atom. The van der Waals surface area contributed by atoms with E-state index in [1.807, 2.05) is 13.8 Å². The van der Waals surface area contributed by atoms with Crippen LogP contribution in [0.4, 0.5) is 5.95 Å². The summed E-state index contributed by atoms with van der Waals surface area (Å²) in [4.78, 5) is 18.7. The molecule has 0 fully saturated rings. The minimum absolute atomic E-state index is 0.0647. The molecule has 1 aromatic heterocycles. The number of halogens is 1. The minimum atomic E-state index is -0.0724. The molecule has 5 heteroatoms. The van der Waals surface area contributed by atoms with Crippen LogP contribution in [0.25, 0.3) is 11.0 Å². The van der Waals surface area contributed by atoms with Crippen molar-refractivity contribution in [1.29, 1.82) is 0 Å². The van der Waals surface area contributed by atoms with Crippen LogP contribution in [0.15, 0.2) is 18.2 Å². The lowest BCUT2D eigenvalue weighted by molar-refractivity contribution is -0.118. The lowest BCUT2D eigenvalue weighted by Crippen LogP contribution is -2.18. The monoisotopic (exact) mass is 237 g/mol. The van der Waals surface area contributed by atoms with Crippen molar-refractivity contribution in [3.63, 3.8) is 0 Å². The van der Waals surface area contributed by atoms with Crippen LogP contribution < -0.4 is 5.32 Å². The van der Waals surface area contributed by atoms with Crippen LogP contribution in [-0.2, 0) is 4.79 Å². The van der Waals surface area contributed by atoms with Crippen LogP contribution >= 0.6 is 11.6 Å². The van der Waals surface area contributed by atoms with E-state index >= 15 is 0 Å². The molecule has 2 rings (SSSR count). The van der Waals surface area contributed by atoms with E-state index < -0.39 is 0 Å². The highest BCUT2D eigenvalue weighted by Gasteiger charge is 2.10. The average molecular weight is 238 g/mol. The normalized spacial score (nSPS) is 11.0. The Morgan fingerprint density at radius 3 is 2.94 bits per heavy atom. The first-order valence-electron chi connectivity index (χ1n) is 5.02. The number of carbonyl (C=O) groups excluding carboxylic acids is 1. The molecule has 2 aromatic rings. The lowest BCUT2D eigenvalue weighted by atomic mass is 10.2. The van der Waals surface area contributed by atoms with Crippen molar-refractivity contribution in [2.75, 3.05) is 5.32 Å². The summed E-state index contributed by atoms with van der Waals surface area (Å²) < 4.78 is 0. The molecule has 1 heterocycles. The Balaban J connectivity index is 2.29. The number of hydrogen-bond donors (Lipinski definition) is 2. The van der Waals surface area contributed by atoms with Gasteiger partial charge in [-0.15, -0.1) is 0 Å². The highest BCUT2D eigenvalue weighted by molar-refractivity contribution is 6.31. The third kappa shape index (κ3) is 2.17. The summed E-state index contributed by atoms with van der Waals surface area (Å²) in [6.45, 7) is 3.66. The zero-order valence-electron chi connectivity index (χ0n) is 9.04. The molecule has 0 bridgehead atoms. The summed E-state index contributed by atoms with van der Waals surface area (Å²) in [6, 6.07) is 5.34. The molecule has 0 aliphatic heterocycles. The zero-order valence-corrected chi connectivity index (χ0v) is 9.80. The summed E-state index contributed by atoms with van der Waals surface area (Å²) in [5.74, 6) is 0.318. The number of aromatic nitrogens is 2. The van der Waals surface area contributed by atoms with Crippen LogP contribution in [0.1, 0.15) is 13.8 Å². The standard InChI is InChI=1S/C11H12ClN3O/c1-6(2)10(16)15-11-13-8-4-3-7(12)5-9(8)14-11/h3-6H,1-2H3,(H2,13,14,15,16). The first-order valence-corrected chi connectivity index (χ1v) is 5.40. The van der Waals surface area contributed by atoms with E-state index in [0.29, 0.717) is 11.0 Å². The quantitative estimate of drug-likeness (QED) is 0.844. The van der Waals surface area contributed by atoms with E-state index in [0.717, 1.165) is 11.0 Å². The maximum absolute atomic E-state index is 11.5. The number of benzene rings is 1. The van der Waals surface area contributed by atoms with Crippen LogP contribution in [0.2, 0.25) is 5.02 Å². The van der Waals surface area contributed by atoms with Gasteiger partial charge in [-0.2, -0.15) is 0 Å². The minimum Gasteiger partial charge on any atom is -0.324 e. The summed E-state index contributed by atoms with van der Waals surface area (Å²) in [6.07, 6.45) is 0. The molecule has 0 saturated carbocycles. The molecule has 0 saturated heterocycles. The van der Waals surface area contributed by atoms with E-state index in [-0.39, 0.29) is 11.8 Å². The Bertz CT molecular complexity index is 533. The van der Waals surface area contributed by atoms with E-state index in [1.165, 1.54) is 0 Å². The van der Waals surface area contributed by atoms with Gasteiger partial charge in [0, 0.05) is 10.9 Å². The average Bonchev–Trinajstić information content (AvgIpc) is 2.58. The number of carbonyl (C=O) groups is 1. The topological polar surface area (TPSA) is 57.8 Å². The number of nitrogens with zero attached hydrogens (tertiary/aromatic N) is 1. The summed E-state index contributed by atoms with van der Waals surface area (Å²) in [7, 11) is 0. The smallest absolute Gasteiger partial charge is 0.229 e. The van der Waals surface area contributed by atoms with E-state index in [2.05, 4.69) is 15.3 Å². The number of aromatic amines is 1. The van der Waals surface area contributed by atoms with E-state index in [4.69, 9.17) is 11.6 Å². The first kappa shape index (κ1) is 11.0. The lowest BCUT2D eigenvalue weighted by Gasteiger charge is -2.03. The fraction of sp³-hybridized carbons (Fsp3) is 0.273. The second-order valence-corrected chi connectivity index (χ2v) is 4.33. The predicted octanol–water partition coefficient (Wildman–Crippen LogP) is 2.81. The molecule has 0 radical (unpaired) electrons. The summed E-state index contributed by atoms with van der Waals surface area (Å²) in [5.41, 5.74) is 1.59. The van der Waals surface area contributed by atoms with Gasteiger partial charge in [-0.05, 0) is 18.2 Å². The van der Waals surface area contributed by atoms with Crippen LogP contribution in [0.3, 0.4) is 0 Å². The summed E-state index contributed by atoms with van der Waals surface area (Å²) >= 11 is 5.85. The fourth-order valence-corrected chi connectivity index (χ4v) is 1.47. The number of nitrogens with one attached hydrogen (secondary N) is 2. The molecule has 2 N–H and O–H groups in total. The molecule has 16 heavy (non-hydrogen) atoms. The number of hydrogen-bond acceptors (Lipinski definition) is 2. The summed E-state index contributed by atoms with van der Waals surface area (Å²) in [5, 5.41) is 3.34. The molecule has 4 nitrogen and oxygen atoms in total. The molecular formula is C11H12ClN3O. The van der Waals surface area contributed by atoms with Crippen molar-refractivity contribution in [1.82, 2.24) is 9.97 Å². The molecule has 0 spiro atoms. The molecule has 1 aromatic carbocycles. The number of rotatable bonds is 2. The van der Waals surface area contributed by atoms with Crippen LogP contribution in [0, 0.1) is 5.92 Å². The molecular weight excluding hydrogens is 226 g/mol. The number of fused-ring (bicyclic) bond motifs is 1. The van der Waals surface area contributed by atoms with Crippen molar-refractivity contribution < 1.29 is 4.79 Å². The predicted molar refractivity (Wildman–Crippen MR) is 64.6 cm³/mol. The van der Waals surface area contributed by atoms with Gasteiger partial charge in [-0.25, -0.2) is 4.98 Å². The molecule has 84 valence electrons. The van der Waals surface area contributed by atoms with Crippen LogP contribution in [0.5, 0.6) is 0 Å². The number of anilines is 1. The van der Waals surface area contributed by atoms with Crippen molar-refractivity contribution >= 4 is 34.5 Å². The van der Waals surface area contributed by atoms with Crippen LogP contribution in [-0.4, -0.2) is 15.9 Å². The first-order chi connectivity index (χ1) is 7.56. The SMILES string of the molecule is CC(C)C(=O)Nc1nc2ccc(Cl)cc2[nH]1. The van der Waals surface area contributed by atoms with Gasteiger partial charge in [-0.3, -0.25) is 10.1 Å². The Morgan fingerprint density at radius 1 is 1.50 bits per heavy atom. The van der Waals surface area contributed by atoms with Crippen molar-refractivity contribution in [3.8, 4) is 0 Å². The molecule has 1 amide bonds. The van der Waals surface area contributed by atoms with Gasteiger partial charge < -0.3 is 4.98 Å². The van der Waals surface area contributed by atoms with Gasteiger partial charge in [0.1, 0.15) is 0 Å². The number of imidazole rings is 1.